The molecule has 0 bridgehead atoms. The molecular formula is C30H46O. The van der Waals surface area contributed by atoms with E-state index in [-0.39, 0.29) is 10.8 Å². The van der Waals surface area contributed by atoms with Crippen molar-refractivity contribution in [2.45, 2.75) is 106 Å². The fourth-order valence-corrected chi connectivity index (χ4v) is 10.6. The molecule has 0 spiro atoms. The molecular weight excluding hydrogens is 376 g/mol. The summed E-state index contributed by atoms with van der Waals surface area (Å²) < 4.78 is 0. The third-order valence-corrected chi connectivity index (χ3v) is 12.6. The van der Waals surface area contributed by atoms with Crippen molar-refractivity contribution in [1.82, 2.24) is 0 Å². The van der Waals surface area contributed by atoms with E-state index in [1.165, 1.54) is 56.1 Å². The Morgan fingerprint density at radius 3 is 2.32 bits per heavy atom. The van der Waals surface area contributed by atoms with E-state index in [1.54, 1.807) is 0 Å². The Morgan fingerprint density at radius 1 is 0.935 bits per heavy atom. The van der Waals surface area contributed by atoms with Crippen molar-refractivity contribution >= 4 is 5.78 Å². The monoisotopic (exact) mass is 422 g/mol. The van der Waals surface area contributed by atoms with Crippen LogP contribution in [0.25, 0.3) is 0 Å². The Morgan fingerprint density at radius 2 is 1.65 bits per heavy atom. The van der Waals surface area contributed by atoms with Gasteiger partial charge in [-0.3, -0.25) is 4.79 Å². The summed E-state index contributed by atoms with van der Waals surface area (Å²) in [6, 6.07) is 0. The number of allylic oxidation sites excluding steroid dienone is 3. The summed E-state index contributed by atoms with van der Waals surface area (Å²) in [6.45, 7) is 21.7. The van der Waals surface area contributed by atoms with Gasteiger partial charge < -0.3 is 0 Å². The number of carbonyl (C=O) groups excluding carboxylic acids is 1. The van der Waals surface area contributed by atoms with Crippen LogP contribution in [0.2, 0.25) is 0 Å². The summed E-state index contributed by atoms with van der Waals surface area (Å²) in [4.78, 5) is 12.9. The van der Waals surface area contributed by atoms with E-state index in [2.05, 4.69) is 61.1 Å². The molecule has 0 aromatic rings. The van der Waals surface area contributed by atoms with Gasteiger partial charge in [-0.1, -0.05) is 51.5 Å². The van der Waals surface area contributed by atoms with Crippen molar-refractivity contribution in [3.05, 3.63) is 23.8 Å². The lowest BCUT2D eigenvalue weighted by Gasteiger charge is -2.70. The summed E-state index contributed by atoms with van der Waals surface area (Å²) in [6.07, 6.45) is 13.9. The van der Waals surface area contributed by atoms with E-state index >= 15 is 0 Å². The van der Waals surface area contributed by atoms with E-state index in [0.717, 1.165) is 30.6 Å². The van der Waals surface area contributed by atoms with Crippen molar-refractivity contribution in [1.29, 1.82) is 0 Å². The zero-order valence-electron chi connectivity index (χ0n) is 21.4. The SMILES string of the molecule is C=C(C)C1CCC2(C)CCC3(C)C(CCC4C5(C)CCC(=O)C(C)(C)C5=CCC43C)C12. The summed E-state index contributed by atoms with van der Waals surface area (Å²) >= 11 is 0. The van der Waals surface area contributed by atoms with E-state index in [0.29, 0.717) is 27.9 Å². The smallest absolute Gasteiger partial charge is 0.142 e. The first-order valence-electron chi connectivity index (χ1n) is 13.2. The molecule has 0 aliphatic heterocycles. The standard InChI is InChI=1S/C30H46O/c1-19(2)20-11-14-27(5)17-18-29(7)21(25(20)27)9-10-23-28(6)15-13-24(31)26(3,4)22(28)12-16-30(23,29)8/h12,20-21,23,25H,1,9-11,13-18H2,2-8H3. The molecule has 0 radical (unpaired) electrons. The zero-order valence-corrected chi connectivity index (χ0v) is 21.4. The molecule has 4 fully saturated rings. The lowest BCUT2D eigenvalue weighted by Crippen LogP contribution is -2.63. The van der Waals surface area contributed by atoms with Crippen LogP contribution in [0.1, 0.15) is 106 Å². The fraction of sp³-hybridized carbons (Fsp3) is 0.833. The van der Waals surface area contributed by atoms with Crippen molar-refractivity contribution in [2.24, 2.45) is 50.7 Å². The van der Waals surface area contributed by atoms with Gasteiger partial charge in [-0.2, -0.15) is 0 Å². The predicted molar refractivity (Wildman–Crippen MR) is 130 cm³/mol. The van der Waals surface area contributed by atoms with Crippen LogP contribution in [0.4, 0.5) is 0 Å². The number of ketones is 1. The van der Waals surface area contributed by atoms with Gasteiger partial charge in [0.25, 0.3) is 0 Å². The van der Waals surface area contributed by atoms with E-state index in [4.69, 9.17) is 0 Å². The van der Waals surface area contributed by atoms with E-state index in [1.807, 2.05) is 0 Å². The number of Topliss-reactive ketones (excluding diaryl/α,β-unsaturated/α-hetero) is 1. The Kier molecular flexibility index (Phi) is 4.52. The van der Waals surface area contributed by atoms with Crippen molar-refractivity contribution in [3.63, 3.8) is 0 Å². The Bertz CT molecular complexity index is 862. The van der Waals surface area contributed by atoms with Crippen LogP contribution in [-0.2, 0) is 4.79 Å². The van der Waals surface area contributed by atoms with Crippen molar-refractivity contribution in [2.75, 3.05) is 0 Å². The quantitative estimate of drug-likeness (QED) is 0.390. The number of hydrogen-bond donors (Lipinski definition) is 0. The average Bonchev–Trinajstić information content (AvgIpc) is 3.04. The maximum Gasteiger partial charge on any atom is 0.142 e. The number of fused-ring (bicyclic) bond motifs is 7. The molecule has 0 aromatic carbocycles. The molecule has 0 N–H and O–H groups in total. The summed E-state index contributed by atoms with van der Waals surface area (Å²) in [7, 11) is 0. The van der Waals surface area contributed by atoms with Crippen LogP contribution in [0.15, 0.2) is 23.8 Å². The van der Waals surface area contributed by atoms with Gasteiger partial charge in [-0.15, -0.1) is 0 Å². The predicted octanol–water partition coefficient (Wildman–Crippen LogP) is 8.15. The minimum Gasteiger partial charge on any atom is -0.299 e. The minimum absolute atomic E-state index is 0.197. The largest absolute Gasteiger partial charge is 0.299 e. The first-order valence-corrected chi connectivity index (χ1v) is 13.2. The highest BCUT2D eigenvalue weighted by Gasteiger charge is 2.68. The van der Waals surface area contributed by atoms with Crippen molar-refractivity contribution in [3.8, 4) is 0 Å². The molecule has 8 atom stereocenters. The molecule has 5 rings (SSSR count). The number of carbonyl (C=O) groups is 1. The second-order valence-electron chi connectivity index (χ2n) is 14.0. The topological polar surface area (TPSA) is 17.1 Å². The van der Waals surface area contributed by atoms with E-state index in [9.17, 15) is 4.79 Å². The van der Waals surface area contributed by atoms with Gasteiger partial charge in [-0.25, -0.2) is 0 Å². The van der Waals surface area contributed by atoms with E-state index < -0.39 is 0 Å². The van der Waals surface area contributed by atoms with Gasteiger partial charge in [0.05, 0.1) is 0 Å². The first kappa shape index (κ1) is 22.0. The first-order chi connectivity index (χ1) is 14.3. The molecule has 5 aliphatic rings. The summed E-state index contributed by atoms with van der Waals surface area (Å²) in [5, 5.41) is 0. The third kappa shape index (κ3) is 2.53. The Balaban J connectivity index is 1.59. The van der Waals surface area contributed by atoms with Gasteiger partial charge in [0, 0.05) is 11.8 Å². The highest BCUT2D eigenvalue weighted by Crippen LogP contribution is 2.76. The van der Waals surface area contributed by atoms with Gasteiger partial charge in [-0.05, 0) is 117 Å². The molecule has 0 aromatic heterocycles. The molecule has 0 amide bonds. The zero-order chi connectivity index (χ0) is 22.6. The van der Waals surface area contributed by atoms with Crippen LogP contribution < -0.4 is 0 Å². The maximum absolute atomic E-state index is 12.9. The maximum atomic E-state index is 12.9. The molecule has 8 unspecified atom stereocenters. The molecule has 1 nitrogen and oxygen atoms in total. The average molecular weight is 423 g/mol. The lowest BCUT2D eigenvalue weighted by molar-refractivity contribution is -0.189. The normalized spacial score (nSPS) is 53.0. The van der Waals surface area contributed by atoms with Crippen LogP contribution in [0, 0.1) is 50.7 Å². The Labute approximate surface area is 191 Å². The molecule has 4 saturated carbocycles. The Hall–Kier alpha value is -0.850. The molecule has 0 saturated heterocycles. The summed E-state index contributed by atoms with van der Waals surface area (Å²) in [5.41, 5.74) is 4.12. The molecule has 0 heterocycles. The van der Waals surface area contributed by atoms with Crippen molar-refractivity contribution < 1.29 is 4.79 Å². The molecule has 172 valence electrons. The van der Waals surface area contributed by atoms with Crippen LogP contribution in [-0.4, -0.2) is 5.78 Å². The summed E-state index contributed by atoms with van der Waals surface area (Å²) in [5.74, 6) is 3.55. The van der Waals surface area contributed by atoms with Crippen LogP contribution >= 0.6 is 0 Å². The highest BCUT2D eigenvalue weighted by atomic mass is 16.1. The number of hydrogen-bond acceptors (Lipinski definition) is 1. The van der Waals surface area contributed by atoms with Crippen LogP contribution in [0.5, 0.6) is 0 Å². The molecule has 1 heteroatoms. The van der Waals surface area contributed by atoms with Gasteiger partial charge in [0.1, 0.15) is 5.78 Å². The van der Waals surface area contributed by atoms with Gasteiger partial charge in [0.15, 0.2) is 0 Å². The number of rotatable bonds is 1. The minimum atomic E-state index is -0.270. The second-order valence-corrected chi connectivity index (χ2v) is 14.0. The lowest BCUT2D eigenvalue weighted by atomic mass is 9.34. The van der Waals surface area contributed by atoms with Crippen LogP contribution in [0.3, 0.4) is 0 Å². The van der Waals surface area contributed by atoms with Gasteiger partial charge >= 0.3 is 0 Å². The molecule has 31 heavy (non-hydrogen) atoms. The fourth-order valence-electron chi connectivity index (χ4n) is 10.6. The van der Waals surface area contributed by atoms with Gasteiger partial charge in [0.2, 0.25) is 0 Å². The third-order valence-electron chi connectivity index (χ3n) is 12.6. The highest BCUT2D eigenvalue weighted by molar-refractivity contribution is 5.89. The second kappa shape index (κ2) is 6.38. The molecule has 5 aliphatic carbocycles.